The molecule has 0 unspecified atom stereocenters. The first-order valence-corrected chi connectivity index (χ1v) is 11.5. The van der Waals surface area contributed by atoms with Crippen LogP contribution in [0.5, 0.6) is 5.75 Å². The molecule has 3 N–H and O–H groups in total. The number of ether oxygens (including phenoxy) is 1. The molecule has 1 saturated heterocycles. The number of hydrogen-bond acceptors (Lipinski definition) is 7. The number of amides is 1. The van der Waals surface area contributed by atoms with Gasteiger partial charge in [0.15, 0.2) is 0 Å². The lowest BCUT2D eigenvalue weighted by atomic mass is 10.1. The van der Waals surface area contributed by atoms with Crippen molar-refractivity contribution in [1.82, 2.24) is 20.3 Å². The van der Waals surface area contributed by atoms with Crippen molar-refractivity contribution in [3.63, 3.8) is 0 Å². The second kappa shape index (κ2) is 10.2. The van der Waals surface area contributed by atoms with E-state index >= 15 is 0 Å². The molecule has 2 aromatic carbocycles. The molecule has 0 aliphatic carbocycles. The van der Waals surface area contributed by atoms with Gasteiger partial charge in [0.2, 0.25) is 5.91 Å². The van der Waals surface area contributed by atoms with Crippen LogP contribution in [-0.4, -0.2) is 33.4 Å². The molecule has 0 radical (unpaired) electrons. The molecule has 0 saturated carbocycles. The summed E-state index contributed by atoms with van der Waals surface area (Å²) >= 11 is 6.43. The van der Waals surface area contributed by atoms with Crippen molar-refractivity contribution in [2.75, 3.05) is 17.2 Å². The molecule has 1 amide bonds. The molecule has 1 atom stereocenters. The highest BCUT2D eigenvalue weighted by molar-refractivity contribution is 6.32. The Hall–Kier alpha value is -3.82. The minimum atomic E-state index is -0.563. The number of anilines is 3. The molecule has 2 aromatic heterocycles. The largest absolute Gasteiger partial charge is 0.487 e. The summed E-state index contributed by atoms with van der Waals surface area (Å²) in [5, 5.41) is 9.95. The summed E-state index contributed by atoms with van der Waals surface area (Å²) in [6, 6.07) is 11.5. The molecule has 10 heteroatoms. The summed E-state index contributed by atoms with van der Waals surface area (Å²) in [4.78, 5) is 25.0. The van der Waals surface area contributed by atoms with Crippen LogP contribution in [0, 0.1) is 5.82 Å². The first-order valence-electron chi connectivity index (χ1n) is 11.1. The predicted molar refractivity (Wildman–Crippen MR) is 132 cm³/mol. The monoisotopic (exact) mass is 492 g/mol. The van der Waals surface area contributed by atoms with Crippen molar-refractivity contribution in [3.8, 4) is 5.75 Å². The van der Waals surface area contributed by atoms with Crippen LogP contribution in [0.15, 0.2) is 61.2 Å². The van der Waals surface area contributed by atoms with Crippen LogP contribution in [0.25, 0.3) is 10.9 Å². The smallest absolute Gasteiger partial charge is 0.241 e. The van der Waals surface area contributed by atoms with E-state index in [2.05, 4.69) is 30.9 Å². The number of carbonyl (C=O) groups is 1. The third kappa shape index (κ3) is 5.31. The molecule has 4 aromatic rings. The van der Waals surface area contributed by atoms with E-state index in [1.807, 2.05) is 12.1 Å². The van der Waals surface area contributed by atoms with Gasteiger partial charge in [0.25, 0.3) is 0 Å². The second-order valence-corrected chi connectivity index (χ2v) is 8.54. The molecule has 3 heterocycles. The number of carbonyl (C=O) groups excluding carboxylic acids is 1. The zero-order valence-electron chi connectivity index (χ0n) is 18.6. The Morgan fingerprint density at radius 2 is 2.14 bits per heavy atom. The van der Waals surface area contributed by atoms with Crippen molar-refractivity contribution in [2.24, 2.45) is 0 Å². The number of pyridine rings is 1. The lowest BCUT2D eigenvalue weighted by Gasteiger charge is -2.14. The summed E-state index contributed by atoms with van der Waals surface area (Å²) in [5.41, 5.74) is 2.07. The average molecular weight is 493 g/mol. The summed E-state index contributed by atoms with van der Waals surface area (Å²) < 4.78 is 20.5. The Kier molecular flexibility index (Phi) is 6.69. The fourth-order valence-corrected chi connectivity index (χ4v) is 4.11. The van der Waals surface area contributed by atoms with Gasteiger partial charge in [-0.2, -0.15) is 0 Å². The van der Waals surface area contributed by atoms with E-state index in [4.69, 9.17) is 16.3 Å². The quantitative estimate of drug-likeness (QED) is 0.339. The van der Waals surface area contributed by atoms with Gasteiger partial charge in [-0.3, -0.25) is 9.78 Å². The van der Waals surface area contributed by atoms with E-state index in [0.717, 1.165) is 24.9 Å². The van der Waals surface area contributed by atoms with Crippen LogP contribution in [0.2, 0.25) is 5.02 Å². The SMILES string of the molecule is O=C(Nc1cc2c(Nc3ccc(OCc4cccnc4)c(Cl)c3)ncnc2cc1F)[C@@H]1CCCN1. The fourth-order valence-electron chi connectivity index (χ4n) is 3.88. The van der Waals surface area contributed by atoms with Crippen molar-refractivity contribution >= 4 is 45.6 Å². The van der Waals surface area contributed by atoms with E-state index < -0.39 is 5.82 Å². The number of nitrogens with one attached hydrogen (secondary N) is 3. The first kappa shape index (κ1) is 22.9. The zero-order valence-corrected chi connectivity index (χ0v) is 19.3. The van der Waals surface area contributed by atoms with Crippen LogP contribution < -0.4 is 20.7 Å². The molecule has 0 spiro atoms. The number of fused-ring (bicyclic) bond motifs is 1. The molecule has 0 bridgehead atoms. The lowest BCUT2D eigenvalue weighted by Crippen LogP contribution is -2.35. The van der Waals surface area contributed by atoms with E-state index in [1.165, 1.54) is 18.5 Å². The number of nitrogens with zero attached hydrogens (tertiary/aromatic N) is 3. The lowest BCUT2D eigenvalue weighted by molar-refractivity contribution is -0.117. The predicted octanol–water partition coefficient (Wildman–Crippen LogP) is 4.83. The number of hydrogen-bond donors (Lipinski definition) is 3. The minimum Gasteiger partial charge on any atom is -0.487 e. The maximum atomic E-state index is 14.7. The summed E-state index contributed by atoms with van der Waals surface area (Å²) in [6.45, 7) is 1.11. The minimum absolute atomic E-state index is 0.0752. The third-order valence-electron chi connectivity index (χ3n) is 5.67. The molecule has 8 nitrogen and oxygen atoms in total. The van der Waals surface area contributed by atoms with Crippen LogP contribution >= 0.6 is 11.6 Å². The first-order chi connectivity index (χ1) is 17.1. The molecule has 178 valence electrons. The summed E-state index contributed by atoms with van der Waals surface area (Å²) in [7, 11) is 0. The van der Waals surface area contributed by atoms with E-state index in [-0.39, 0.29) is 17.6 Å². The Morgan fingerprint density at radius 1 is 1.23 bits per heavy atom. The van der Waals surface area contributed by atoms with Gasteiger partial charge in [-0.1, -0.05) is 17.7 Å². The summed E-state index contributed by atoms with van der Waals surface area (Å²) in [6.07, 6.45) is 6.41. The van der Waals surface area contributed by atoms with Crippen LogP contribution in [0.1, 0.15) is 18.4 Å². The van der Waals surface area contributed by atoms with Crippen LogP contribution in [0.4, 0.5) is 21.6 Å². The molecular formula is C25H22ClFN6O2. The zero-order chi connectivity index (χ0) is 24.2. The van der Waals surface area contributed by atoms with Gasteiger partial charge >= 0.3 is 0 Å². The standard InChI is InChI=1S/C25H22ClFN6O2/c26-18-9-16(5-6-23(18)35-13-15-3-1-7-28-12-15)32-24-17-10-22(19(27)11-21(17)30-14-31-24)33-25(34)20-4-2-8-29-20/h1,3,5-7,9-12,14,20,29H,2,4,8,13H2,(H,33,34)(H,30,31,32)/t20-/m0/s1. The molecule has 1 fully saturated rings. The highest BCUT2D eigenvalue weighted by Crippen LogP contribution is 2.32. The molecule has 35 heavy (non-hydrogen) atoms. The van der Waals surface area contributed by atoms with Gasteiger partial charge in [-0.05, 0) is 49.7 Å². The topological polar surface area (TPSA) is 101 Å². The van der Waals surface area contributed by atoms with Crippen molar-refractivity contribution in [3.05, 3.63) is 77.6 Å². The van der Waals surface area contributed by atoms with Crippen molar-refractivity contribution in [2.45, 2.75) is 25.5 Å². The number of benzene rings is 2. The van der Waals surface area contributed by atoms with Gasteiger partial charge in [0.05, 0.1) is 22.3 Å². The van der Waals surface area contributed by atoms with Gasteiger partial charge in [0.1, 0.15) is 30.3 Å². The van der Waals surface area contributed by atoms with Crippen molar-refractivity contribution in [1.29, 1.82) is 0 Å². The van der Waals surface area contributed by atoms with Gasteiger partial charge in [0, 0.05) is 35.1 Å². The maximum Gasteiger partial charge on any atom is 0.241 e. The number of aromatic nitrogens is 3. The normalized spacial score (nSPS) is 15.2. The average Bonchev–Trinajstić information content (AvgIpc) is 3.40. The second-order valence-electron chi connectivity index (χ2n) is 8.13. The number of rotatable bonds is 7. The van der Waals surface area contributed by atoms with E-state index in [9.17, 15) is 9.18 Å². The molecular weight excluding hydrogens is 471 g/mol. The molecule has 5 rings (SSSR count). The molecule has 1 aliphatic heterocycles. The fraction of sp³-hybridized carbons (Fsp3) is 0.200. The third-order valence-corrected chi connectivity index (χ3v) is 5.97. The van der Waals surface area contributed by atoms with Gasteiger partial charge in [-0.15, -0.1) is 0 Å². The van der Waals surface area contributed by atoms with Gasteiger partial charge in [-0.25, -0.2) is 14.4 Å². The van der Waals surface area contributed by atoms with Crippen molar-refractivity contribution < 1.29 is 13.9 Å². The summed E-state index contributed by atoms with van der Waals surface area (Å²) in [5.74, 6) is 0.151. The highest BCUT2D eigenvalue weighted by atomic mass is 35.5. The molecule has 1 aliphatic rings. The maximum absolute atomic E-state index is 14.7. The van der Waals surface area contributed by atoms with E-state index in [1.54, 1.807) is 30.6 Å². The Labute approximate surface area is 205 Å². The highest BCUT2D eigenvalue weighted by Gasteiger charge is 2.23. The Balaban J connectivity index is 1.35. The van der Waals surface area contributed by atoms with Crippen LogP contribution in [-0.2, 0) is 11.4 Å². The van der Waals surface area contributed by atoms with Crippen LogP contribution in [0.3, 0.4) is 0 Å². The van der Waals surface area contributed by atoms with E-state index in [0.29, 0.717) is 39.8 Å². The van der Waals surface area contributed by atoms with Gasteiger partial charge < -0.3 is 20.7 Å². The number of halogens is 2. The Morgan fingerprint density at radius 3 is 2.91 bits per heavy atom. The Bertz CT molecular complexity index is 1370.